The Kier molecular flexibility index (Phi) is 1.58. The molecule has 14 heavy (non-hydrogen) atoms. The number of allylic oxidation sites excluding steroid dienone is 2. The average molecular weight is 194 g/mol. The van der Waals surface area contributed by atoms with Crippen molar-refractivity contribution in [1.29, 1.82) is 0 Å². The summed E-state index contributed by atoms with van der Waals surface area (Å²) in [6.45, 7) is 0. The van der Waals surface area contributed by atoms with Crippen molar-refractivity contribution in [1.82, 2.24) is 0 Å². The molecular formula is C9H6O5. The van der Waals surface area contributed by atoms with Crippen LogP contribution in [0.15, 0.2) is 23.3 Å². The second-order valence-electron chi connectivity index (χ2n) is 3.15. The Labute approximate surface area is 78.3 Å². The lowest BCUT2D eigenvalue weighted by Gasteiger charge is -2.09. The average Bonchev–Trinajstić information content (AvgIpc) is 2.30. The van der Waals surface area contributed by atoms with E-state index in [0.717, 1.165) is 0 Å². The number of aliphatic hydroxyl groups is 2. The number of hydrogen-bond donors (Lipinski definition) is 2. The summed E-state index contributed by atoms with van der Waals surface area (Å²) in [6.07, 6.45) is 2.69. The molecule has 2 N–H and O–H groups in total. The van der Waals surface area contributed by atoms with Gasteiger partial charge in [0.05, 0.1) is 5.57 Å². The number of rotatable bonds is 0. The quantitative estimate of drug-likeness (QED) is 0.282. The van der Waals surface area contributed by atoms with Crippen molar-refractivity contribution in [3.63, 3.8) is 0 Å². The predicted molar refractivity (Wildman–Crippen MR) is 43.0 cm³/mol. The number of carbonyl (C=O) groups excluding carboxylic acids is 3. The maximum atomic E-state index is 11.2. The Bertz CT molecular complexity index is 424. The second-order valence-corrected chi connectivity index (χ2v) is 3.15. The van der Waals surface area contributed by atoms with Gasteiger partial charge in [0.25, 0.3) is 5.79 Å². The molecular weight excluding hydrogens is 188 g/mol. The molecule has 0 atom stereocenters. The Hall–Kier alpha value is -1.59. The normalized spacial score (nSPS) is 24.6. The number of carbonyl (C=O) groups is 3. The molecule has 0 unspecified atom stereocenters. The van der Waals surface area contributed by atoms with E-state index in [-0.39, 0.29) is 17.6 Å². The first kappa shape index (κ1) is 8.98. The van der Waals surface area contributed by atoms with Crippen LogP contribution in [0.4, 0.5) is 0 Å². The van der Waals surface area contributed by atoms with Crippen LogP contribution in [0.25, 0.3) is 0 Å². The van der Waals surface area contributed by atoms with Crippen molar-refractivity contribution in [2.45, 2.75) is 12.2 Å². The van der Waals surface area contributed by atoms with Gasteiger partial charge in [-0.25, -0.2) is 0 Å². The van der Waals surface area contributed by atoms with Gasteiger partial charge in [-0.3, -0.25) is 14.4 Å². The van der Waals surface area contributed by atoms with Gasteiger partial charge in [-0.2, -0.15) is 0 Å². The Morgan fingerprint density at radius 1 is 1.14 bits per heavy atom. The SMILES string of the molecule is O=C1CC=CC2=C1C(=O)C(O)(O)C2=O. The van der Waals surface area contributed by atoms with Crippen LogP contribution in [0.3, 0.4) is 0 Å². The summed E-state index contributed by atoms with van der Waals surface area (Å²) in [6, 6.07) is 0. The van der Waals surface area contributed by atoms with Gasteiger partial charge in [-0.05, 0) is 0 Å². The fraction of sp³-hybridized carbons (Fsp3) is 0.222. The number of ketones is 3. The predicted octanol–water partition coefficient (Wildman–Crippen LogP) is -1.36. The van der Waals surface area contributed by atoms with Gasteiger partial charge < -0.3 is 10.2 Å². The van der Waals surface area contributed by atoms with E-state index in [1.807, 2.05) is 0 Å². The van der Waals surface area contributed by atoms with Crippen LogP contribution in [0.2, 0.25) is 0 Å². The third-order valence-corrected chi connectivity index (χ3v) is 2.24. The Morgan fingerprint density at radius 2 is 1.79 bits per heavy atom. The molecule has 2 aliphatic rings. The standard InChI is InChI=1S/C9H6O5/c10-5-3-1-2-4-6(5)8(12)9(13,14)7(4)11/h1-2,13-14H,3H2. The van der Waals surface area contributed by atoms with Crippen molar-refractivity contribution in [3.05, 3.63) is 23.3 Å². The molecule has 0 bridgehead atoms. The minimum absolute atomic E-state index is 0.00787. The van der Waals surface area contributed by atoms with Crippen LogP contribution in [-0.2, 0) is 14.4 Å². The third-order valence-electron chi connectivity index (χ3n) is 2.24. The summed E-state index contributed by atoms with van der Waals surface area (Å²) < 4.78 is 0. The summed E-state index contributed by atoms with van der Waals surface area (Å²) >= 11 is 0. The first-order valence-electron chi connectivity index (χ1n) is 3.94. The topological polar surface area (TPSA) is 91.7 Å². The molecule has 0 radical (unpaired) electrons. The summed E-state index contributed by atoms with van der Waals surface area (Å²) in [4.78, 5) is 33.7. The molecule has 0 aromatic rings. The third kappa shape index (κ3) is 0.878. The number of hydrogen-bond acceptors (Lipinski definition) is 5. The van der Waals surface area contributed by atoms with E-state index in [4.69, 9.17) is 10.2 Å². The Morgan fingerprint density at radius 3 is 2.36 bits per heavy atom. The van der Waals surface area contributed by atoms with Crippen LogP contribution in [-0.4, -0.2) is 33.3 Å². The second kappa shape index (κ2) is 2.46. The summed E-state index contributed by atoms with van der Waals surface area (Å²) in [7, 11) is 0. The maximum Gasteiger partial charge on any atom is 0.295 e. The van der Waals surface area contributed by atoms with E-state index < -0.39 is 23.1 Å². The minimum atomic E-state index is -3.05. The van der Waals surface area contributed by atoms with E-state index in [1.54, 1.807) is 0 Å². The minimum Gasteiger partial charge on any atom is -0.353 e. The molecule has 0 aliphatic heterocycles. The molecule has 0 heterocycles. The lowest BCUT2D eigenvalue weighted by molar-refractivity contribution is -0.180. The van der Waals surface area contributed by atoms with E-state index in [1.165, 1.54) is 12.2 Å². The fourth-order valence-electron chi connectivity index (χ4n) is 1.52. The van der Waals surface area contributed by atoms with Crippen LogP contribution < -0.4 is 0 Å². The lowest BCUT2D eigenvalue weighted by atomic mass is 9.98. The van der Waals surface area contributed by atoms with Gasteiger partial charge in [-0.1, -0.05) is 12.2 Å². The van der Waals surface area contributed by atoms with Gasteiger partial charge >= 0.3 is 0 Å². The smallest absolute Gasteiger partial charge is 0.295 e. The zero-order valence-electron chi connectivity index (χ0n) is 6.98. The molecule has 0 saturated heterocycles. The van der Waals surface area contributed by atoms with Crippen molar-refractivity contribution in [2.75, 3.05) is 0 Å². The van der Waals surface area contributed by atoms with E-state index >= 15 is 0 Å². The summed E-state index contributed by atoms with van der Waals surface area (Å²) in [5.41, 5.74) is -0.584. The van der Waals surface area contributed by atoms with Gasteiger partial charge in [0.2, 0.25) is 11.6 Å². The zero-order valence-corrected chi connectivity index (χ0v) is 6.98. The van der Waals surface area contributed by atoms with Gasteiger partial charge in [0, 0.05) is 12.0 Å². The van der Waals surface area contributed by atoms with Crippen LogP contribution >= 0.6 is 0 Å². The van der Waals surface area contributed by atoms with Crippen molar-refractivity contribution < 1.29 is 24.6 Å². The monoisotopic (exact) mass is 194 g/mol. The van der Waals surface area contributed by atoms with Gasteiger partial charge in [0.15, 0.2) is 5.78 Å². The van der Waals surface area contributed by atoms with Crippen LogP contribution in [0.5, 0.6) is 0 Å². The molecule has 72 valence electrons. The molecule has 2 aliphatic carbocycles. The first-order valence-corrected chi connectivity index (χ1v) is 3.94. The highest BCUT2D eigenvalue weighted by molar-refractivity contribution is 6.40. The van der Waals surface area contributed by atoms with E-state index in [2.05, 4.69) is 0 Å². The molecule has 0 saturated carbocycles. The zero-order chi connectivity index (χ0) is 10.5. The van der Waals surface area contributed by atoms with Crippen molar-refractivity contribution in [3.8, 4) is 0 Å². The lowest BCUT2D eigenvalue weighted by Crippen LogP contribution is -2.42. The summed E-state index contributed by atoms with van der Waals surface area (Å²) in [5, 5.41) is 18.2. The van der Waals surface area contributed by atoms with E-state index in [9.17, 15) is 14.4 Å². The Balaban J connectivity index is 2.63. The van der Waals surface area contributed by atoms with Gasteiger partial charge in [0.1, 0.15) is 0 Å². The van der Waals surface area contributed by atoms with Gasteiger partial charge in [-0.15, -0.1) is 0 Å². The maximum absolute atomic E-state index is 11.2. The fourth-order valence-corrected chi connectivity index (χ4v) is 1.52. The first-order chi connectivity index (χ1) is 6.46. The molecule has 0 aromatic carbocycles. The highest BCUT2D eigenvalue weighted by Crippen LogP contribution is 2.31. The van der Waals surface area contributed by atoms with Crippen molar-refractivity contribution >= 4 is 17.3 Å². The largest absolute Gasteiger partial charge is 0.353 e. The molecule has 0 spiro atoms. The van der Waals surface area contributed by atoms with Crippen LogP contribution in [0, 0.1) is 0 Å². The molecule has 5 heteroatoms. The highest BCUT2D eigenvalue weighted by Gasteiger charge is 2.54. The highest BCUT2D eigenvalue weighted by atomic mass is 16.5. The van der Waals surface area contributed by atoms with Crippen molar-refractivity contribution in [2.24, 2.45) is 0 Å². The van der Waals surface area contributed by atoms with Crippen LogP contribution in [0.1, 0.15) is 6.42 Å². The molecule has 2 rings (SSSR count). The summed E-state index contributed by atoms with van der Waals surface area (Å²) in [5.74, 6) is -5.94. The molecule has 0 aromatic heterocycles. The molecule has 5 nitrogen and oxygen atoms in total. The number of Topliss-reactive ketones (excluding diaryl/α,β-unsaturated/α-hetero) is 3. The molecule has 0 fully saturated rings. The van der Waals surface area contributed by atoms with E-state index in [0.29, 0.717) is 0 Å². The molecule has 0 amide bonds.